The van der Waals surface area contributed by atoms with Crippen LogP contribution in [0, 0.1) is 0 Å². The molecular formula is C15H14O2. The van der Waals surface area contributed by atoms with Crippen molar-refractivity contribution >= 4 is 0 Å². The highest BCUT2D eigenvalue weighted by Gasteiger charge is 2.19. The fourth-order valence-electron chi connectivity index (χ4n) is 2.23. The highest BCUT2D eigenvalue weighted by molar-refractivity contribution is 5.76. The maximum atomic E-state index is 5.56. The average Bonchev–Trinajstić information content (AvgIpc) is 2.86. The van der Waals surface area contributed by atoms with Crippen LogP contribution in [0.5, 0.6) is 11.5 Å². The van der Waals surface area contributed by atoms with Crippen molar-refractivity contribution in [3.63, 3.8) is 0 Å². The van der Waals surface area contributed by atoms with Gasteiger partial charge in [0.15, 0.2) is 11.5 Å². The van der Waals surface area contributed by atoms with Crippen molar-refractivity contribution in [1.82, 2.24) is 0 Å². The van der Waals surface area contributed by atoms with Crippen LogP contribution in [0.2, 0.25) is 0 Å². The number of aryl methyl sites for hydroxylation is 1. The Kier molecular flexibility index (Phi) is 2.48. The number of benzene rings is 2. The Bertz CT molecular complexity index is 546. The van der Waals surface area contributed by atoms with Gasteiger partial charge in [-0.1, -0.05) is 43.3 Å². The Morgan fingerprint density at radius 1 is 0.941 bits per heavy atom. The zero-order chi connectivity index (χ0) is 11.7. The molecule has 0 atom stereocenters. The molecule has 0 saturated carbocycles. The number of para-hydroxylation sites is 1. The van der Waals surface area contributed by atoms with Crippen molar-refractivity contribution < 1.29 is 9.47 Å². The van der Waals surface area contributed by atoms with E-state index in [1.165, 1.54) is 11.1 Å². The van der Waals surface area contributed by atoms with E-state index in [2.05, 4.69) is 37.3 Å². The molecule has 0 saturated heterocycles. The third-order valence-corrected chi connectivity index (χ3v) is 3.09. The molecule has 86 valence electrons. The van der Waals surface area contributed by atoms with Crippen LogP contribution in [0.3, 0.4) is 0 Å². The van der Waals surface area contributed by atoms with Gasteiger partial charge in [-0.2, -0.15) is 0 Å². The maximum Gasteiger partial charge on any atom is 0.231 e. The van der Waals surface area contributed by atoms with E-state index in [1.807, 2.05) is 12.1 Å². The summed E-state index contributed by atoms with van der Waals surface area (Å²) >= 11 is 0. The molecule has 0 amide bonds. The Morgan fingerprint density at radius 2 is 1.76 bits per heavy atom. The summed E-state index contributed by atoms with van der Waals surface area (Å²) in [5, 5.41) is 0. The monoisotopic (exact) mass is 226 g/mol. The zero-order valence-corrected chi connectivity index (χ0v) is 9.77. The van der Waals surface area contributed by atoms with Crippen LogP contribution in [0.1, 0.15) is 12.5 Å². The number of rotatable bonds is 2. The lowest BCUT2D eigenvalue weighted by Gasteiger charge is -2.10. The number of fused-ring (bicyclic) bond motifs is 1. The molecule has 0 bridgehead atoms. The summed E-state index contributed by atoms with van der Waals surface area (Å²) in [6.45, 7) is 2.49. The van der Waals surface area contributed by atoms with Crippen molar-refractivity contribution in [3.05, 3.63) is 48.0 Å². The van der Waals surface area contributed by atoms with E-state index in [4.69, 9.17) is 9.47 Å². The summed E-state index contributed by atoms with van der Waals surface area (Å²) in [5.41, 5.74) is 3.69. The largest absolute Gasteiger partial charge is 0.454 e. The third-order valence-electron chi connectivity index (χ3n) is 3.09. The maximum absolute atomic E-state index is 5.56. The number of hydrogen-bond donors (Lipinski definition) is 0. The van der Waals surface area contributed by atoms with Crippen LogP contribution in [0.4, 0.5) is 0 Å². The standard InChI is InChI=1S/C15H14O2/c1-2-11-6-3-4-7-12(11)13-8-5-9-14-15(13)17-10-16-14/h3-9H,2,10H2,1H3. The van der Waals surface area contributed by atoms with Gasteiger partial charge in [0.1, 0.15) is 0 Å². The van der Waals surface area contributed by atoms with Crippen LogP contribution in [0.25, 0.3) is 11.1 Å². The lowest BCUT2D eigenvalue weighted by Crippen LogP contribution is -1.94. The third kappa shape index (κ3) is 1.66. The van der Waals surface area contributed by atoms with Crippen LogP contribution in [-0.4, -0.2) is 6.79 Å². The van der Waals surface area contributed by atoms with Crippen molar-refractivity contribution in [2.45, 2.75) is 13.3 Å². The van der Waals surface area contributed by atoms with E-state index >= 15 is 0 Å². The van der Waals surface area contributed by atoms with Gasteiger partial charge in [0.25, 0.3) is 0 Å². The van der Waals surface area contributed by atoms with Crippen molar-refractivity contribution in [1.29, 1.82) is 0 Å². The molecule has 0 aliphatic carbocycles. The quantitative estimate of drug-likeness (QED) is 0.778. The van der Waals surface area contributed by atoms with Gasteiger partial charge in [0.05, 0.1) is 0 Å². The van der Waals surface area contributed by atoms with Gasteiger partial charge in [-0.15, -0.1) is 0 Å². The Labute approximate surface area is 101 Å². The van der Waals surface area contributed by atoms with Crippen LogP contribution < -0.4 is 9.47 Å². The Hall–Kier alpha value is -1.96. The molecule has 0 aromatic heterocycles. The minimum Gasteiger partial charge on any atom is -0.454 e. The van der Waals surface area contributed by atoms with Gasteiger partial charge < -0.3 is 9.47 Å². The molecule has 0 unspecified atom stereocenters. The molecule has 1 heterocycles. The van der Waals surface area contributed by atoms with E-state index in [-0.39, 0.29) is 0 Å². The molecule has 17 heavy (non-hydrogen) atoms. The van der Waals surface area contributed by atoms with Gasteiger partial charge in [-0.05, 0) is 23.6 Å². The normalized spacial score (nSPS) is 12.8. The summed E-state index contributed by atoms with van der Waals surface area (Å²) in [5.74, 6) is 1.71. The molecule has 0 spiro atoms. The molecule has 2 heteroatoms. The second-order valence-electron chi connectivity index (χ2n) is 4.05. The molecule has 3 rings (SSSR count). The van der Waals surface area contributed by atoms with E-state index in [0.717, 1.165) is 23.5 Å². The summed E-state index contributed by atoms with van der Waals surface area (Å²) in [6.07, 6.45) is 1.01. The first kappa shape index (κ1) is 10.2. The predicted molar refractivity (Wildman–Crippen MR) is 67.4 cm³/mol. The molecular weight excluding hydrogens is 212 g/mol. The van der Waals surface area contributed by atoms with Crippen LogP contribution >= 0.6 is 0 Å². The lowest BCUT2D eigenvalue weighted by atomic mass is 9.97. The van der Waals surface area contributed by atoms with Crippen molar-refractivity contribution in [2.24, 2.45) is 0 Å². The molecule has 2 nitrogen and oxygen atoms in total. The topological polar surface area (TPSA) is 18.5 Å². The summed E-state index contributed by atoms with van der Waals surface area (Å²) in [4.78, 5) is 0. The fraction of sp³-hybridized carbons (Fsp3) is 0.200. The van der Waals surface area contributed by atoms with Crippen LogP contribution in [-0.2, 0) is 6.42 Å². The highest BCUT2D eigenvalue weighted by atomic mass is 16.7. The van der Waals surface area contributed by atoms with E-state index in [9.17, 15) is 0 Å². The number of hydrogen-bond acceptors (Lipinski definition) is 2. The molecule has 0 N–H and O–H groups in total. The summed E-state index contributed by atoms with van der Waals surface area (Å²) < 4.78 is 11.0. The molecule has 2 aromatic carbocycles. The smallest absolute Gasteiger partial charge is 0.231 e. The van der Waals surface area contributed by atoms with E-state index < -0.39 is 0 Å². The van der Waals surface area contributed by atoms with Crippen molar-refractivity contribution in [3.8, 4) is 22.6 Å². The summed E-state index contributed by atoms with van der Waals surface area (Å²) in [6, 6.07) is 14.5. The molecule has 0 radical (unpaired) electrons. The van der Waals surface area contributed by atoms with Gasteiger partial charge in [-0.3, -0.25) is 0 Å². The van der Waals surface area contributed by atoms with Gasteiger partial charge in [0, 0.05) is 5.56 Å². The van der Waals surface area contributed by atoms with E-state index in [1.54, 1.807) is 0 Å². The minimum atomic E-state index is 0.320. The second-order valence-corrected chi connectivity index (χ2v) is 4.05. The average molecular weight is 226 g/mol. The predicted octanol–water partition coefficient (Wildman–Crippen LogP) is 3.64. The van der Waals surface area contributed by atoms with E-state index in [0.29, 0.717) is 6.79 Å². The first-order valence-electron chi connectivity index (χ1n) is 5.87. The van der Waals surface area contributed by atoms with Crippen molar-refractivity contribution in [2.75, 3.05) is 6.79 Å². The highest BCUT2D eigenvalue weighted by Crippen LogP contribution is 2.42. The molecule has 1 aliphatic heterocycles. The first-order valence-corrected chi connectivity index (χ1v) is 5.87. The number of ether oxygens (including phenoxy) is 2. The van der Waals surface area contributed by atoms with Crippen LogP contribution in [0.15, 0.2) is 42.5 Å². The van der Waals surface area contributed by atoms with Gasteiger partial charge >= 0.3 is 0 Å². The van der Waals surface area contributed by atoms with Gasteiger partial charge in [0.2, 0.25) is 6.79 Å². The zero-order valence-electron chi connectivity index (χ0n) is 9.77. The summed E-state index contributed by atoms with van der Waals surface area (Å²) in [7, 11) is 0. The Balaban J connectivity index is 2.19. The second kappa shape index (κ2) is 4.13. The SMILES string of the molecule is CCc1ccccc1-c1cccc2c1OCO2. The molecule has 2 aromatic rings. The lowest BCUT2D eigenvalue weighted by molar-refractivity contribution is 0.174. The minimum absolute atomic E-state index is 0.320. The Morgan fingerprint density at radius 3 is 2.65 bits per heavy atom. The fourth-order valence-corrected chi connectivity index (χ4v) is 2.23. The van der Waals surface area contributed by atoms with Gasteiger partial charge in [-0.25, -0.2) is 0 Å². The first-order chi connectivity index (χ1) is 8.40. The molecule has 1 aliphatic rings. The molecule has 0 fully saturated rings.